The zero-order valence-corrected chi connectivity index (χ0v) is 15.1. The Morgan fingerprint density at radius 3 is 2.19 bits per heavy atom. The minimum Gasteiger partial charge on any atom is -0.353 e. The van der Waals surface area contributed by atoms with Gasteiger partial charge in [0.1, 0.15) is 0 Å². The summed E-state index contributed by atoms with van der Waals surface area (Å²) in [6, 6.07) is 13.7. The summed E-state index contributed by atoms with van der Waals surface area (Å²) in [6.45, 7) is 1.81. The van der Waals surface area contributed by atoms with Crippen molar-refractivity contribution in [3.8, 4) is 0 Å². The van der Waals surface area contributed by atoms with E-state index in [2.05, 4.69) is 5.32 Å². The van der Waals surface area contributed by atoms with Gasteiger partial charge < -0.3 is 11.1 Å². The average molecular weight is 387 g/mol. The molecule has 26 heavy (non-hydrogen) atoms. The van der Waals surface area contributed by atoms with Gasteiger partial charge in [-0.2, -0.15) is 13.2 Å². The maximum Gasteiger partial charge on any atom is 0.416 e. The molecule has 0 aliphatic carbocycles. The summed E-state index contributed by atoms with van der Waals surface area (Å²) < 4.78 is 37.6. The van der Waals surface area contributed by atoms with Crippen LogP contribution in [0.4, 0.5) is 13.2 Å². The molecule has 2 aromatic carbocycles. The van der Waals surface area contributed by atoms with E-state index in [-0.39, 0.29) is 36.8 Å². The summed E-state index contributed by atoms with van der Waals surface area (Å²) in [6.07, 6.45) is -3.74. The van der Waals surface area contributed by atoms with Gasteiger partial charge in [-0.25, -0.2) is 0 Å². The van der Waals surface area contributed by atoms with Crippen molar-refractivity contribution in [2.24, 2.45) is 5.73 Å². The van der Waals surface area contributed by atoms with Crippen LogP contribution in [0.15, 0.2) is 54.6 Å². The molecule has 2 aromatic rings. The molecule has 0 bridgehead atoms. The van der Waals surface area contributed by atoms with Crippen LogP contribution in [0.2, 0.25) is 0 Å². The standard InChI is InChI=1S/C19H21F3N2O.ClH/c1-13(11-14-7-9-16(10-8-14)19(20,21)22)24-18(25)12-17(23)15-5-3-2-4-6-15;/h2-10,13,17H,11-12,23H2,1H3,(H,24,25);1H. The molecule has 0 aliphatic heterocycles. The Morgan fingerprint density at radius 2 is 1.65 bits per heavy atom. The Hall–Kier alpha value is -2.05. The molecule has 0 radical (unpaired) electrons. The minimum atomic E-state index is -4.34. The normalized spacial score (nSPS) is 13.4. The summed E-state index contributed by atoms with van der Waals surface area (Å²) in [5, 5.41) is 2.83. The lowest BCUT2D eigenvalue weighted by Crippen LogP contribution is -2.35. The highest BCUT2D eigenvalue weighted by molar-refractivity contribution is 5.85. The molecule has 0 saturated heterocycles. The molecule has 3 nitrogen and oxygen atoms in total. The Balaban J connectivity index is 0.00000338. The van der Waals surface area contributed by atoms with E-state index in [4.69, 9.17) is 5.73 Å². The number of alkyl halides is 3. The highest BCUT2D eigenvalue weighted by atomic mass is 35.5. The van der Waals surface area contributed by atoms with Crippen LogP contribution in [-0.2, 0) is 17.4 Å². The second-order valence-corrected chi connectivity index (χ2v) is 6.09. The Labute approximate surface area is 157 Å². The van der Waals surface area contributed by atoms with Gasteiger partial charge in [0.2, 0.25) is 5.91 Å². The molecule has 0 heterocycles. The second-order valence-electron chi connectivity index (χ2n) is 6.09. The van der Waals surface area contributed by atoms with Crippen molar-refractivity contribution < 1.29 is 18.0 Å². The fourth-order valence-corrected chi connectivity index (χ4v) is 2.59. The van der Waals surface area contributed by atoms with Crippen LogP contribution < -0.4 is 11.1 Å². The van der Waals surface area contributed by atoms with Crippen molar-refractivity contribution in [2.75, 3.05) is 0 Å². The highest BCUT2D eigenvalue weighted by Crippen LogP contribution is 2.29. The number of halogens is 4. The second kappa shape index (κ2) is 9.59. The van der Waals surface area contributed by atoms with Crippen LogP contribution in [0.3, 0.4) is 0 Å². The molecule has 2 rings (SSSR count). The van der Waals surface area contributed by atoms with Crippen LogP contribution in [0.1, 0.15) is 36.1 Å². The quantitative estimate of drug-likeness (QED) is 0.779. The van der Waals surface area contributed by atoms with E-state index in [9.17, 15) is 18.0 Å². The Kier molecular flexibility index (Phi) is 8.11. The van der Waals surface area contributed by atoms with E-state index >= 15 is 0 Å². The third-order valence-electron chi connectivity index (χ3n) is 3.86. The first-order chi connectivity index (χ1) is 11.8. The fourth-order valence-electron chi connectivity index (χ4n) is 2.59. The molecule has 142 valence electrons. The van der Waals surface area contributed by atoms with Crippen LogP contribution in [0, 0.1) is 0 Å². The molecular formula is C19H22ClF3N2O. The Bertz CT molecular complexity index is 690. The lowest BCUT2D eigenvalue weighted by atomic mass is 10.0. The molecule has 0 spiro atoms. The van der Waals surface area contributed by atoms with Crippen LogP contribution in [-0.4, -0.2) is 11.9 Å². The molecule has 2 unspecified atom stereocenters. The lowest BCUT2D eigenvalue weighted by Gasteiger charge is -2.17. The van der Waals surface area contributed by atoms with Gasteiger partial charge in [0, 0.05) is 18.5 Å². The fraction of sp³-hybridized carbons (Fsp3) is 0.316. The third-order valence-corrected chi connectivity index (χ3v) is 3.86. The van der Waals surface area contributed by atoms with Crippen LogP contribution in [0.25, 0.3) is 0 Å². The summed E-state index contributed by atoms with van der Waals surface area (Å²) in [5.74, 6) is -0.184. The molecule has 7 heteroatoms. The highest BCUT2D eigenvalue weighted by Gasteiger charge is 2.29. The largest absolute Gasteiger partial charge is 0.416 e. The molecule has 0 aliphatic rings. The predicted molar refractivity (Wildman–Crippen MR) is 98.0 cm³/mol. The summed E-state index contributed by atoms with van der Waals surface area (Å²) in [5.41, 5.74) is 6.95. The number of carbonyl (C=O) groups excluding carboxylic acids is 1. The monoisotopic (exact) mass is 386 g/mol. The molecule has 3 N–H and O–H groups in total. The zero-order valence-electron chi connectivity index (χ0n) is 14.3. The topological polar surface area (TPSA) is 55.1 Å². The Morgan fingerprint density at radius 1 is 1.08 bits per heavy atom. The number of nitrogens with one attached hydrogen (secondary N) is 1. The number of hydrogen-bond acceptors (Lipinski definition) is 2. The van der Waals surface area contributed by atoms with E-state index < -0.39 is 11.7 Å². The van der Waals surface area contributed by atoms with E-state index in [0.29, 0.717) is 6.42 Å². The first-order valence-corrected chi connectivity index (χ1v) is 8.01. The number of hydrogen-bond donors (Lipinski definition) is 2. The van der Waals surface area contributed by atoms with E-state index in [1.54, 1.807) is 0 Å². The number of carbonyl (C=O) groups is 1. The van der Waals surface area contributed by atoms with Gasteiger partial charge >= 0.3 is 6.18 Å². The van der Waals surface area contributed by atoms with Gasteiger partial charge in [-0.15, -0.1) is 12.4 Å². The molecule has 2 atom stereocenters. The van der Waals surface area contributed by atoms with Gasteiger partial charge in [0.05, 0.1) is 5.56 Å². The maximum absolute atomic E-state index is 12.5. The molecule has 0 fully saturated rings. The van der Waals surface area contributed by atoms with Gasteiger partial charge in [0.25, 0.3) is 0 Å². The first kappa shape index (κ1) is 22.0. The van der Waals surface area contributed by atoms with Crippen LogP contribution >= 0.6 is 12.4 Å². The third kappa shape index (κ3) is 6.69. The summed E-state index contributed by atoms with van der Waals surface area (Å²) in [4.78, 5) is 12.1. The maximum atomic E-state index is 12.5. The zero-order chi connectivity index (χ0) is 18.4. The van der Waals surface area contributed by atoms with Crippen molar-refractivity contribution in [1.29, 1.82) is 0 Å². The lowest BCUT2D eigenvalue weighted by molar-refractivity contribution is -0.137. The van der Waals surface area contributed by atoms with Crippen molar-refractivity contribution in [3.05, 3.63) is 71.3 Å². The molecule has 0 saturated carbocycles. The van der Waals surface area contributed by atoms with E-state index in [0.717, 1.165) is 23.3 Å². The number of benzene rings is 2. The van der Waals surface area contributed by atoms with Gasteiger partial charge in [-0.3, -0.25) is 4.79 Å². The van der Waals surface area contributed by atoms with Gasteiger partial charge in [0.15, 0.2) is 0 Å². The minimum absolute atomic E-state index is 0. The SMILES string of the molecule is CC(Cc1ccc(C(F)(F)F)cc1)NC(=O)CC(N)c1ccccc1.Cl. The molecular weight excluding hydrogens is 365 g/mol. The van der Waals surface area contributed by atoms with Gasteiger partial charge in [-0.1, -0.05) is 42.5 Å². The van der Waals surface area contributed by atoms with E-state index in [1.807, 2.05) is 37.3 Å². The van der Waals surface area contributed by atoms with E-state index in [1.165, 1.54) is 12.1 Å². The van der Waals surface area contributed by atoms with Crippen LogP contribution in [0.5, 0.6) is 0 Å². The molecule has 1 amide bonds. The van der Waals surface area contributed by atoms with Crippen molar-refractivity contribution >= 4 is 18.3 Å². The predicted octanol–water partition coefficient (Wildman–Crippen LogP) is 4.26. The van der Waals surface area contributed by atoms with Crippen molar-refractivity contribution in [1.82, 2.24) is 5.32 Å². The van der Waals surface area contributed by atoms with Crippen molar-refractivity contribution in [3.63, 3.8) is 0 Å². The average Bonchev–Trinajstić information content (AvgIpc) is 2.55. The van der Waals surface area contributed by atoms with Crippen molar-refractivity contribution in [2.45, 2.75) is 38.0 Å². The number of amides is 1. The molecule has 0 aromatic heterocycles. The van der Waals surface area contributed by atoms with Gasteiger partial charge in [-0.05, 0) is 36.6 Å². The first-order valence-electron chi connectivity index (χ1n) is 8.01. The number of nitrogens with two attached hydrogens (primary N) is 1. The summed E-state index contributed by atoms with van der Waals surface area (Å²) in [7, 11) is 0. The summed E-state index contributed by atoms with van der Waals surface area (Å²) >= 11 is 0. The number of rotatable bonds is 6. The smallest absolute Gasteiger partial charge is 0.353 e.